The van der Waals surface area contributed by atoms with Gasteiger partial charge in [-0.2, -0.15) is 13.2 Å². The van der Waals surface area contributed by atoms with Crippen LogP contribution in [0.15, 0.2) is 83.9 Å². The molecule has 7 nitrogen and oxygen atoms in total. The van der Waals surface area contributed by atoms with Crippen molar-refractivity contribution < 1.29 is 18.0 Å². The van der Waals surface area contributed by atoms with E-state index >= 15 is 0 Å². The molecule has 1 amide bonds. The number of pyridine rings is 3. The molecule has 0 unspecified atom stereocenters. The molecule has 0 radical (unpaired) electrons. The van der Waals surface area contributed by atoms with Crippen molar-refractivity contribution in [3.63, 3.8) is 0 Å². The smallest absolute Gasteiger partial charge is 0.339 e. The lowest BCUT2D eigenvalue weighted by molar-refractivity contribution is -0.137. The van der Waals surface area contributed by atoms with E-state index in [1.54, 1.807) is 49.8 Å². The highest BCUT2D eigenvalue weighted by Gasteiger charge is 2.31. The van der Waals surface area contributed by atoms with Crippen LogP contribution in [0.3, 0.4) is 0 Å². The second-order valence-corrected chi connectivity index (χ2v) is 9.43. The van der Waals surface area contributed by atoms with E-state index in [1.165, 1.54) is 16.7 Å². The van der Waals surface area contributed by atoms with Crippen molar-refractivity contribution in [3.05, 3.63) is 112 Å². The van der Waals surface area contributed by atoms with Crippen molar-refractivity contribution in [1.82, 2.24) is 14.5 Å². The Hall–Kier alpha value is -4.99. The first kappa shape index (κ1) is 26.6. The van der Waals surface area contributed by atoms with Gasteiger partial charge in [0.05, 0.1) is 23.0 Å². The fourth-order valence-corrected chi connectivity index (χ4v) is 4.35. The molecule has 40 heavy (non-hydrogen) atoms. The van der Waals surface area contributed by atoms with E-state index in [0.29, 0.717) is 28.1 Å². The van der Waals surface area contributed by atoms with Gasteiger partial charge in [0.2, 0.25) is 0 Å². The normalized spacial score (nSPS) is 11.4. The number of hydrogen-bond donors (Lipinski definition) is 2. The van der Waals surface area contributed by atoms with Crippen molar-refractivity contribution in [2.45, 2.75) is 20.0 Å². The minimum atomic E-state index is -4.56. The molecule has 2 aromatic carbocycles. The lowest BCUT2D eigenvalue weighted by Crippen LogP contribution is -2.19. The molecule has 0 bridgehead atoms. The number of anilines is 3. The number of alkyl halides is 3. The van der Waals surface area contributed by atoms with E-state index in [1.807, 2.05) is 26.0 Å². The number of carbonyl (C=O) groups is 1. The van der Waals surface area contributed by atoms with Crippen LogP contribution in [0.4, 0.5) is 30.4 Å². The molecule has 0 saturated carbocycles. The summed E-state index contributed by atoms with van der Waals surface area (Å²) in [5.74, 6) is -0.142. The molecule has 0 spiro atoms. The quantitative estimate of drug-likeness (QED) is 0.260. The molecule has 0 saturated heterocycles. The summed E-state index contributed by atoms with van der Waals surface area (Å²) in [6, 6.07) is 16.5. The number of halogens is 3. The Bertz CT molecular complexity index is 1810. The highest BCUT2D eigenvalue weighted by Crippen LogP contribution is 2.31. The van der Waals surface area contributed by atoms with Gasteiger partial charge in [-0.15, -0.1) is 0 Å². The summed E-state index contributed by atoms with van der Waals surface area (Å²) >= 11 is 0. The maximum atomic E-state index is 13.4. The van der Waals surface area contributed by atoms with E-state index in [2.05, 4.69) is 20.6 Å². The number of carbonyl (C=O) groups excluding carboxylic acids is 1. The first-order valence-corrected chi connectivity index (χ1v) is 12.3. The van der Waals surface area contributed by atoms with Crippen LogP contribution in [0.2, 0.25) is 0 Å². The highest BCUT2D eigenvalue weighted by atomic mass is 19.4. The van der Waals surface area contributed by atoms with Crippen molar-refractivity contribution in [2.24, 2.45) is 7.05 Å². The van der Waals surface area contributed by atoms with Gasteiger partial charge in [-0.05, 0) is 73.5 Å². The highest BCUT2D eigenvalue weighted by molar-refractivity contribution is 6.04. The van der Waals surface area contributed by atoms with Gasteiger partial charge in [-0.1, -0.05) is 12.1 Å². The van der Waals surface area contributed by atoms with E-state index in [0.717, 1.165) is 34.5 Å². The van der Waals surface area contributed by atoms with Crippen molar-refractivity contribution in [2.75, 3.05) is 10.6 Å². The van der Waals surface area contributed by atoms with Crippen LogP contribution in [0.5, 0.6) is 0 Å². The minimum absolute atomic E-state index is 0.129. The van der Waals surface area contributed by atoms with Crippen molar-refractivity contribution in [1.29, 1.82) is 0 Å². The van der Waals surface area contributed by atoms with E-state index in [4.69, 9.17) is 0 Å². The molecule has 0 atom stereocenters. The molecule has 10 heteroatoms. The fraction of sp³-hybridized carbons (Fsp3) is 0.133. The van der Waals surface area contributed by atoms with Gasteiger partial charge in [-0.3, -0.25) is 14.6 Å². The van der Waals surface area contributed by atoms with Gasteiger partial charge in [0.1, 0.15) is 5.82 Å². The molecular formula is C30H24F3N5O2. The van der Waals surface area contributed by atoms with Crippen molar-refractivity contribution >= 4 is 34.0 Å². The van der Waals surface area contributed by atoms with E-state index < -0.39 is 17.6 Å². The van der Waals surface area contributed by atoms with Gasteiger partial charge >= 0.3 is 6.18 Å². The third-order valence-electron chi connectivity index (χ3n) is 6.53. The van der Waals surface area contributed by atoms with Gasteiger partial charge < -0.3 is 15.2 Å². The van der Waals surface area contributed by atoms with Gasteiger partial charge in [-0.25, -0.2) is 4.98 Å². The molecule has 5 rings (SSSR count). The van der Waals surface area contributed by atoms with Crippen LogP contribution in [0.1, 0.15) is 27.2 Å². The Morgan fingerprint density at radius 2 is 1.65 bits per heavy atom. The molecule has 2 N–H and O–H groups in total. The Kier molecular flexibility index (Phi) is 6.85. The predicted molar refractivity (Wildman–Crippen MR) is 149 cm³/mol. The van der Waals surface area contributed by atoms with Crippen LogP contribution in [-0.4, -0.2) is 20.4 Å². The van der Waals surface area contributed by atoms with Crippen LogP contribution in [0, 0.1) is 13.8 Å². The second kappa shape index (κ2) is 10.3. The summed E-state index contributed by atoms with van der Waals surface area (Å²) in [5.41, 5.74) is 3.12. The summed E-state index contributed by atoms with van der Waals surface area (Å²) in [7, 11) is 1.67. The molecule has 0 aliphatic heterocycles. The number of aromatic nitrogens is 3. The third kappa shape index (κ3) is 5.42. The molecule has 3 heterocycles. The number of amides is 1. The van der Waals surface area contributed by atoms with Crippen molar-refractivity contribution in [3.8, 4) is 11.1 Å². The zero-order chi connectivity index (χ0) is 28.6. The zero-order valence-corrected chi connectivity index (χ0v) is 21.8. The fourth-order valence-electron chi connectivity index (χ4n) is 4.35. The van der Waals surface area contributed by atoms with E-state index in [-0.39, 0.29) is 11.1 Å². The van der Waals surface area contributed by atoms with Gasteiger partial charge in [0, 0.05) is 47.2 Å². The first-order valence-electron chi connectivity index (χ1n) is 12.3. The molecule has 0 fully saturated rings. The van der Waals surface area contributed by atoms with Crippen LogP contribution >= 0.6 is 0 Å². The monoisotopic (exact) mass is 543 g/mol. The van der Waals surface area contributed by atoms with Gasteiger partial charge in [0.15, 0.2) is 0 Å². The molecule has 0 aliphatic carbocycles. The average molecular weight is 544 g/mol. The number of benzene rings is 2. The van der Waals surface area contributed by atoms with Crippen LogP contribution in [0.25, 0.3) is 22.0 Å². The topological polar surface area (TPSA) is 88.9 Å². The predicted octanol–water partition coefficient (Wildman–Crippen LogP) is 6.63. The lowest BCUT2D eigenvalue weighted by atomic mass is 9.99. The molecule has 5 aromatic rings. The number of nitrogens with one attached hydrogen (secondary N) is 2. The number of nitrogens with zero attached hydrogens (tertiary/aromatic N) is 3. The summed E-state index contributed by atoms with van der Waals surface area (Å²) < 4.78 is 40.8. The number of hydrogen-bond acceptors (Lipinski definition) is 5. The lowest BCUT2D eigenvalue weighted by Gasteiger charge is -2.14. The molecule has 0 aliphatic rings. The average Bonchev–Trinajstić information content (AvgIpc) is 2.93. The Balaban J connectivity index is 1.46. The second-order valence-electron chi connectivity index (χ2n) is 9.43. The Morgan fingerprint density at radius 1 is 0.875 bits per heavy atom. The molecule has 202 valence electrons. The maximum absolute atomic E-state index is 13.4. The van der Waals surface area contributed by atoms with E-state index in [9.17, 15) is 22.8 Å². The number of aryl methyl sites for hydroxylation is 3. The summed E-state index contributed by atoms with van der Waals surface area (Å²) in [4.78, 5) is 34.9. The minimum Gasteiger partial charge on any atom is -0.339 e. The maximum Gasteiger partial charge on any atom is 0.416 e. The Labute approximate surface area is 227 Å². The number of rotatable bonds is 5. The summed E-state index contributed by atoms with van der Waals surface area (Å²) in [6.45, 7) is 3.73. The molecular weight excluding hydrogens is 519 g/mol. The third-order valence-corrected chi connectivity index (χ3v) is 6.53. The van der Waals surface area contributed by atoms with Gasteiger partial charge in [0.25, 0.3) is 11.5 Å². The number of fused-ring (bicyclic) bond motifs is 1. The SMILES string of the molecule is Cc1ccc(Nc2cc3c(cn2)cc(-c2cc(NC(=O)c4cccc(C(F)(F)F)c4)ccc2C)c(=O)n3C)cn1. The zero-order valence-electron chi connectivity index (χ0n) is 21.8. The first-order chi connectivity index (χ1) is 19.0. The molecule has 3 aromatic heterocycles. The van der Waals surface area contributed by atoms with Crippen LogP contribution < -0.4 is 16.2 Å². The summed E-state index contributed by atoms with van der Waals surface area (Å²) in [6.07, 6.45) is -1.20. The Morgan fingerprint density at radius 3 is 2.38 bits per heavy atom. The van der Waals surface area contributed by atoms with Crippen LogP contribution in [-0.2, 0) is 13.2 Å². The summed E-state index contributed by atoms with van der Waals surface area (Å²) in [5, 5.41) is 6.55. The largest absolute Gasteiger partial charge is 0.416 e. The standard InChI is InChI=1S/C30H24F3N5O2/c1-17-7-9-22(37-28(39)19-5-4-6-21(11-19)30(31,32)33)13-24(17)25-12-20-15-35-27(14-26(20)38(3)29(25)40)36-23-10-8-18(2)34-16-23/h4-16H,1-3H3,(H,35,36)(H,37,39).